The van der Waals surface area contributed by atoms with Crippen LogP contribution in [0.4, 0.5) is 5.69 Å². The number of unbranched alkanes of at least 4 members (excludes halogenated alkanes) is 2. The predicted molar refractivity (Wildman–Crippen MR) is 133 cm³/mol. The molecule has 1 amide bonds. The van der Waals surface area contributed by atoms with E-state index in [4.69, 9.17) is 0 Å². The Kier molecular flexibility index (Phi) is 8.26. The fraction of sp³-hybridized carbons (Fsp3) is 0.429. The van der Waals surface area contributed by atoms with Gasteiger partial charge in [-0.05, 0) is 40.5 Å². The molecule has 1 atom stereocenters. The number of imidazole rings is 1. The average Bonchev–Trinajstić information content (AvgIpc) is 3.26. The van der Waals surface area contributed by atoms with Crippen LogP contribution in [0.5, 0.6) is 0 Å². The minimum Gasteiger partial charge on any atom is -0.333 e. The van der Waals surface area contributed by atoms with Gasteiger partial charge in [-0.2, -0.15) is 0 Å². The predicted octanol–water partition coefficient (Wildman–Crippen LogP) is 6.92. The molecule has 1 unspecified atom stereocenters. The van der Waals surface area contributed by atoms with Crippen LogP contribution < -0.4 is 5.32 Å². The Morgan fingerprint density at radius 2 is 1.88 bits per heavy atom. The Labute approximate surface area is 193 Å². The maximum absolute atomic E-state index is 13.2. The molecule has 1 N–H and O–H groups in total. The second-order valence-electron chi connectivity index (χ2n) is 9.72. The molecule has 0 fully saturated rings. The summed E-state index contributed by atoms with van der Waals surface area (Å²) in [5, 5.41) is 3.26. The normalized spacial score (nSPS) is 12.5. The van der Waals surface area contributed by atoms with Crippen molar-refractivity contribution in [3.63, 3.8) is 0 Å². The molecule has 3 aromatic rings. The monoisotopic (exact) mass is 431 g/mol. The average molecular weight is 432 g/mol. The Morgan fingerprint density at radius 1 is 1.09 bits per heavy atom. The third-order valence-electron chi connectivity index (χ3n) is 5.95. The van der Waals surface area contributed by atoms with E-state index >= 15 is 0 Å². The second kappa shape index (κ2) is 11.1. The molecular formula is C28H37N3O. The summed E-state index contributed by atoms with van der Waals surface area (Å²) in [5.74, 6) is 0.329. The number of benzene rings is 2. The first kappa shape index (κ1) is 23.8. The van der Waals surface area contributed by atoms with Crippen LogP contribution >= 0.6 is 0 Å². The summed E-state index contributed by atoms with van der Waals surface area (Å²) in [6.45, 7) is 9.51. The van der Waals surface area contributed by atoms with Crippen LogP contribution in [0.2, 0.25) is 0 Å². The molecule has 1 aromatic heterocycles. The van der Waals surface area contributed by atoms with Gasteiger partial charge in [-0.3, -0.25) is 4.79 Å². The first-order valence-electron chi connectivity index (χ1n) is 11.8. The van der Waals surface area contributed by atoms with Crippen molar-refractivity contribution in [3.05, 3.63) is 83.9 Å². The quantitative estimate of drug-likeness (QED) is 0.354. The van der Waals surface area contributed by atoms with E-state index < -0.39 is 0 Å². The van der Waals surface area contributed by atoms with Gasteiger partial charge in [0.2, 0.25) is 5.91 Å². The third kappa shape index (κ3) is 6.81. The smallest absolute Gasteiger partial charge is 0.224 e. The van der Waals surface area contributed by atoms with Crippen LogP contribution in [-0.2, 0) is 16.8 Å². The van der Waals surface area contributed by atoms with E-state index in [-0.39, 0.29) is 17.2 Å². The summed E-state index contributed by atoms with van der Waals surface area (Å²) in [6, 6.07) is 16.9. The fourth-order valence-electron chi connectivity index (χ4n) is 4.22. The van der Waals surface area contributed by atoms with Gasteiger partial charge in [-0.1, -0.05) is 89.4 Å². The van der Waals surface area contributed by atoms with Crippen LogP contribution in [-0.4, -0.2) is 15.5 Å². The van der Waals surface area contributed by atoms with Gasteiger partial charge in [0.05, 0.1) is 6.33 Å². The van der Waals surface area contributed by atoms with E-state index in [1.807, 2.05) is 23.2 Å². The molecule has 0 spiro atoms. The van der Waals surface area contributed by atoms with Gasteiger partial charge in [0.15, 0.2) is 0 Å². The largest absolute Gasteiger partial charge is 0.333 e. The molecule has 0 aliphatic carbocycles. The Hall–Kier alpha value is -2.88. The number of aromatic nitrogens is 2. The number of hydrogen-bond donors (Lipinski definition) is 1. The van der Waals surface area contributed by atoms with Crippen LogP contribution in [0.3, 0.4) is 0 Å². The van der Waals surface area contributed by atoms with E-state index in [2.05, 4.69) is 80.5 Å². The Bertz CT molecular complexity index is 972. The number of rotatable bonds is 10. The summed E-state index contributed by atoms with van der Waals surface area (Å²) in [5.41, 5.74) is 4.41. The summed E-state index contributed by atoms with van der Waals surface area (Å²) in [7, 11) is 0. The highest BCUT2D eigenvalue weighted by Crippen LogP contribution is 2.32. The van der Waals surface area contributed by atoms with Gasteiger partial charge < -0.3 is 9.88 Å². The summed E-state index contributed by atoms with van der Waals surface area (Å²) in [4.78, 5) is 17.3. The van der Waals surface area contributed by atoms with Gasteiger partial charge >= 0.3 is 0 Å². The molecule has 0 saturated carbocycles. The standard InChI is InChI=1S/C28H37N3O/c1-5-6-8-13-24(23-11-9-7-10-12-23)19-27(32)30-26-18-22(20-31-17-16-29-21-31)14-15-25(26)28(2,3)4/h7,9-12,14-18,21,24H,5-6,8,13,19-20H2,1-4H3,(H,30,32). The molecule has 32 heavy (non-hydrogen) atoms. The van der Waals surface area contributed by atoms with Crippen molar-refractivity contribution >= 4 is 11.6 Å². The van der Waals surface area contributed by atoms with Crippen molar-refractivity contribution in [2.75, 3.05) is 5.32 Å². The van der Waals surface area contributed by atoms with Gasteiger partial charge in [0.25, 0.3) is 0 Å². The van der Waals surface area contributed by atoms with Crippen molar-refractivity contribution < 1.29 is 4.79 Å². The van der Waals surface area contributed by atoms with E-state index in [0.29, 0.717) is 6.42 Å². The highest BCUT2D eigenvalue weighted by Gasteiger charge is 2.21. The van der Waals surface area contributed by atoms with Crippen molar-refractivity contribution in [2.24, 2.45) is 0 Å². The van der Waals surface area contributed by atoms with Gasteiger partial charge in [0.1, 0.15) is 0 Å². The number of anilines is 1. The number of nitrogens with zero attached hydrogens (tertiary/aromatic N) is 2. The zero-order valence-corrected chi connectivity index (χ0v) is 20.0. The molecule has 1 heterocycles. The zero-order chi connectivity index (χ0) is 23.0. The van der Waals surface area contributed by atoms with Crippen molar-refractivity contribution in [2.45, 2.75) is 77.7 Å². The van der Waals surface area contributed by atoms with Gasteiger partial charge in [-0.25, -0.2) is 4.98 Å². The first-order chi connectivity index (χ1) is 15.4. The molecule has 0 aliphatic rings. The summed E-state index contributed by atoms with van der Waals surface area (Å²) in [6.07, 6.45) is 10.6. The second-order valence-corrected chi connectivity index (χ2v) is 9.72. The number of amides is 1. The Balaban J connectivity index is 1.78. The number of carbonyl (C=O) groups is 1. The lowest BCUT2D eigenvalue weighted by Gasteiger charge is -2.25. The Morgan fingerprint density at radius 3 is 2.53 bits per heavy atom. The fourth-order valence-corrected chi connectivity index (χ4v) is 4.22. The maximum atomic E-state index is 13.2. The summed E-state index contributed by atoms with van der Waals surface area (Å²) >= 11 is 0. The summed E-state index contributed by atoms with van der Waals surface area (Å²) < 4.78 is 2.04. The molecule has 0 aliphatic heterocycles. The van der Waals surface area contributed by atoms with Crippen molar-refractivity contribution in [1.29, 1.82) is 0 Å². The van der Waals surface area contributed by atoms with Crippen LogP contribution in [0, 0.1) is 0 Å². The number of nitrogens with one attached hydrogen (secondary N) is 1. The molecule has 2 aromatic carbocycles. The lowest BCUT2D eigenvalue weighted by atomic mass is 9.85. The van der Waals surface area contributed by atoms with Crippen LogP contribution in [0.1, 0.15) is 82.4 Å². The molecule has 4 heteroatoms. The molecule has 0 saturated heterocycles. The van der Waals surface area contributed by atoms with Crippen molar-refractivity contribution in [1.82, 2.24) is 9.55 Å². The van der Waals surface area contributed by atoms with E-state index in [9.17, 15) is 4.79 Å². The molecule has 170 valence electrons. The van der Waals surface area contributed by atoms with Gasteiger partial charge in [-0.15, -0.1) is 0 Å². The zero-order valence-electron chi connectivity index (χ0n) is 20.0. The minimum atomic E-state index is -0.0594. The molecule has 4 nitrogen and oxygen atoms in total. The molecule has 3 rings (SSSR count). The molecule has 0 radical (unpaired) electrons. The number of carbonyl (C=O) groups excluding carboxylic acids is 1. The molecular weight excluding hydrogens is 394 g/mol. The number of hydrogen-bond acceptors (Lipinski definition) is 2. The van der Waals surface area contributed by atoms with E-state index in [1.165, 1.54) is 18.4 Å². The lowest BCUT2D eigenvalue weighted by molar-refractivity contribution is -0.116. The van der Waals surface area contributed by atoms with Crippen LogP contribution in [0.25, 0.3) is 0 Å². The lowest BCUT2D eigenvalue weighted by Crippen LogP contribution is -2.20. The SMILES string of the molecule is CCCCCC(CC(=O)Nc1cc(Cn2ccnc2)ccc1C(C)(C)C)c1ccccc1. The van der Waals surface area contributed by atoms with E-state index in [0.717, 1.165) is 36.2 Å². The molecule has 0 bridgehead atoms. The highest BCUT2D eigenvalue weighted by molar-refractivity contribution is 5.92. The minimum absolute atomic E-state index is 0.0594. The van der Waals surface area contributed by atoms with E-state index in [1.54, 1.807) is 6.20 Å². The maximum Gasteiger partial charge on any atom is 0.224 e. The first-order valence-corrected chi connectivity index (χ1v) is 11.8. The van der Waals surface area contributed by atoms with Gasteiger partial charge in [0, 0.05) is 31.0 Å². The third-order valence-corrected chi connectivity index (χ3v) is 5.95. The topological polar surface area (TPSA) is 46.9 Å². The highest BCUT2D eigenvalue weighted by atomic mass is 16.1. The van der Waals surface area contributed by atoms with Crippen molar-refractivity contribution in [3.8, 4) is 0 Å². The van der Waals surface area contributed by atoms with Crippen LogP contribution in [0.15, 0.2) is 67.3 Å².